The third-order valence-corrected chi connectivity index (χ3v) is 4.39. The van der Waals surface area contributed by atoms with Gasteiger partial charge in [0.15, 0.2) is 0 Å². The molecular weight excluding hydrogens is 254 g/mol. The molecule has 17 heavy (non-hydrogen) atoms. The summed E-state index contributed by atoms with van der Waals surface area (Å²) in [6.45, 7) is 6.07. The number of nitrogens with two attached hydrogens (primary N) is 1. The largest absolute Gasteiger partial charge is 0.392 e. The average molecular weight is 271 g/mol. The van der Waals surface area contributed by atoms with Crippen molar-refractivity contribution in [3.05, 3.63) is 16.1 Å². The van der Waals surface area contributed by atoms with Crippen molar-refractivity contribution in [1.82, 2.24) is 10.3 Å². The molecule has 0 aromatic carbocycles. The van der Waals surface area contributed by atoms with Gasteiger partial charge in [-0.3, -0.25) is 4.79 Å². The van der Waals surface area contributed by atoms with Crippen LogP contribution in [-0.2, 0) is 11.3 Å². The number of thiazole rings is 1. The summed E-state index contributed by atoms with van der Waals surface area (Å²) in [4.78, 5) is 17.5. The highest BCUT2D eigenvalue weighted by Crippen LogP contribution is 2.22. The first kappa shape index (κ1) is 14.1. The van der Waals surface area contributed by atoms with E-state index in [2.05, 4.69) is 10.3 Å². The molecule has 1 rings (SSSR count). The number of aromatic nitrogens is 1. The zero-order valence-electron chi connectivity index (χ0n) is 10.2. The van der Waals surface area contributed by atoms with Crippen molar-refractivity contribution in [2.75, 3.05) is 0 Å². The van der Waals surface area contributed by atoms with Crippen LogP contribution < -0.4 is 11.1 Å². The first-order valence-corrected chi connectivity index (χ1v) is 6.67. The van der Waals surface area contributed by atoms with E-state index < -0.39 is 5.41 Å². The second kappa shape index (κ2) is 5.55. The number of carbonyl (C=O) groups is 1. The van der Waals surface area contributed by atoms with Gasteiger partial charge in [-0.05, 0) is 20.3 Å². The summed E-state index contributed by atoms with van der Waals surface area (Å²) in [7, 11) is 0. The number of rotatable bonds is 5. The summed E-state index contributed by atoms with van der Waals surface area (Å²) >= 11 is 6.48. The number of hydrogen-bond acceptors (Lipinski definition) is 4. The van der Waals surface area contributed by atoms with Gasteiger partial charge in [0.05, 0.1) is 28.2 Å². The van der Waals surface area contributed by atoms with Crippen LogP contribution in [0.4, 0.5) is 0 Å². The Morgan fingerprint density at radius 3 is 2.76 bits per heavy atom. The van der Waals surface area contributed by atoms with Gasteiger partial charge >= 0.3 is 0 Å². The molecule has 1 atom stereocenters. The molecule has 3 N–H and O–H groups in total. The summed E-state index contributed by atoms with van der Waals surface area (Å²) < 4.78 is 0. The molecule has 0 saturated heterocycles. The lowest BCUT2D eigenvalue weighted by Gasteiger charge is -2.25. The van der Waals surface area contributed by atoms with Crippen LogP contribution in [0.25, 0.3) is 0 Å². The maximum atomic E-state index is 12.0. The number of amides is 1. The number of nitrogens with zero attached hydrogens (tertiary/aromatic N) is 1. The molecule has 1 amide bonds. The van der Waals surface area contributed by atoms with Crippen LogP contribution in [0.2, 0.25) is 0 Å². The monoisotopic (exact) mass is 271 g/mol. The predicted molar refractivity (Wildman–Crippen MR) is 73.9 cm³/mol. The zero-order valence-corrected chi connectivity index (χ0v) is 11.9. The van der Waals surface area contributed by atoms with Crippen molar-refractivity contribution in [3.63, 3.8) is 0 Å². The Labute approximate surface area is 111 Å². The predicted octanol–water partition coefficient (Wildman–Crippen LogP) is 1.77. The zero-order chi connectivity index (χ0) is 13.1. The van der Waals surface area contributed by atoms with Gasteiger partial charge in [-0.1, -0.05) is 19.1 Å². The third kappa shape index (κ3) is 3.01. The standard InChI is InChI=1S/C11H17N3OS2/c1-4-11(3,9(12)16)10(15)13-5-8-7(2)14-6-17-8/h6H,4-5H2,1-3H3,(H2,12,16)(H,13,15). The topological polar surface area (TPSA) is 68.0 Å². The van der Waals surface area contributed by atoms with E-state index in [0.29, 0.717) is 13.0 Å². The molecule has 0 fully saturated rings. The fourth-order valence-corrected chi connectivity index (χ4v) is 2.25. The molecule has 0 aliphatic heterocycles. The van der Waals surface area contributed by atoms with E-state index in [9.17, 15) is 4.79 Å². The van der Waals surface area contributed by atoms with Gasteiger partial charge in [0.2, 0.25) is 5.91 Å². The van der Waals surface area contributed by atoms with E-state index in [1.165, 1.54) is 11.3 Å². The number of nitrogens with one attached hydrogen (secondary N) is 1. The van der Waals surface area contributed by atoms with Gasteiger partial charge in [-0.25, -0.2) is 4.98 Å². The molecule has 6 heteroatoms. The first-order chi connectivity index (χ1) is 7.91. The molecule has 0 spiro atoms. The van der Waals surface area contributed by atoms with Gasteiger partial charge in [0.1, 0.15) is 0 Å². The molecule has 1 aromatic rings. The number of aryl methyl sites for hydroxylation is 1. The molecule has 0 bridgehead atoms. The Hall–Kier alpha value is -1.01. The first-order valence-electron chi connectivity index (χ1n) is 5.39. The van der Waals surface area contributed by atoms with Crippen LogP contribution in [0.5, 0.6) is 0 Å². The van der Waals surface area contributed by atoms with Gasteiger partial charge in [-0.15, -0.1) is 11.3 Å². The summed E-state index contributed by atoms with van der Waals surface area (Å²) in [6.07, 6.45) is 0.593. The normalized spacial score (nSPS) is 14.1. The minimum absolute atomic E-state index is 0.125. The van der Waals surface area contributed by atoms with Crippen LogP contribution in [0.3, 0.4) is 0 Å². The Balaban J connectivity index is 2.67. The van der Waals surface area contributed by atoms with Gasteiger partial charge in [-0.2, -0.15) is 0 Å². The summed E-state index contributed by atoms with van der Waals surface area (Å²) in [6, 6.07) is 0. The van der Waals surface area contributed by atoms with E-state index in [1.54, 1.807) is 12.4 Å². The lowest BCUT2D eigenvalue weighted by Crippen LogP contribution is -2.46. The molecule has 0 aliphatic carbocycles. The van der Waals surface area contributed by atoms with E-state index >= 15 is 0 Å². The molecule has 1 unspecified atom stereocenters. The quantitative estimate of drug-likeness (QED) is 0.801. The lowest BCUT2D eigenvalue weighted by molar-refractivity contribution is -0.127. The van der Waals surface area contributed by atoms with Crippen LogP contribution in [0.15, 0.2) is 5.51 Å². The fourth-order valence-electron chi connectivity index (χ4n) is 1.30. The Morgan fingerprint density at radius 2 is 2.35 bits per heavy atom. The van der Waals surface area contributed by atoms with Crippen LogP contribution in [0, 0.1) is 12.3 Å². The van der Waals surface area contributed by atoms with Crippen molar-refractivity contribution in [1.29, 1.82) is 0 Å². The van der Waals surface area contributed by atoms with Crippen LogP contribution in [0.1, 0.15) is 30.8 Å². The molecular formula is C11H17N3OS2. The molecule has 1 heterocycles. The smallest absolute Gasteiger partial charge is 0.233 e. The van der Waals surface area contributed by atoms with Crippen molar-refractivity contribution in [2.45, 2.75) is 33.7 Å². The highest BCUT2D eigenvalue weighted by atomic mass is 32.1. The SMILES string of the molecule is CCC(C)(C(=O)NCc1scnc1C)C(N)=S. The molecule has 0 aliphatic rings. The van der Waals surface area contributed by atoms with Crippen molar-refractivity contribution < 1.29 is 4.79 Å². The lowest BCUT2D eigenvalue weighted by atomic mass is 9.86. The second-order valence-corrected chi connectivity index (χ2v) is 5.47. The summed E-state index contributed by atoms with van der Waals surface area (Å²) in [5.74, 6) is -0.125. The number of carbonyl (C=O) groups excluding carboxylic acids is 1. The average Bonchev–Trinajstić information content (AvgIpc) is 2.70. The Kier molecular flexibility index (Phi) is 4.59. The Morgan fingerprint density at radius 1 is 1.71 bits per heavy atom. The fraction of sp³-hybridized carbons (Fsp3) is 0.545. The molecule has 4 nitrogen and oxygen atoms in total. The highest BCUT2D eigenvalue weighted by Gasteiger charge is 2.34. The highest BCUT2D eigenvalue weighted by molar-refractivity contribution is 7.80. The third-order valence-electron chi connectivity index (χ3n) is 3.01. The van der Waals surface area contributed by atoms with E-state index in [4.69, 9.17) is 18.0 Å². The van der Waals surface area contributed by atoms with Crippen molar-refractivity contribution in [3.8, 4) is 0 Å². The van der Waals surface area contributed by atoms with Gasteiger partial charge < -0.3 is 11.1 Å². The van der Waals surface area contributed by atoms with Gasteiger partial charge in [0, 0.05) is 4.88 Å². The van der Waals surface area contributed by atoms with Crippen LogP contribution in [-0.4, -0.2) is 15.9 Å². The summed E-state index contributed by atoms with van der Waals surface area (Å²) in [5, 5.41) is 2.86. The maximum absolute atomic E-state index is 12.0. The van der Waals surface area contributed by atoms with Gasteiger partial charge in [0.25, 0.3) is 0 Å². The van der Waals surface area contributed by atoms with Crippen LogP contribution >= 0.6 is 23.6 Å². The number of hydrogen-bond donors (Lipinski definition) is 2. The van der Waals surface area contributed by atoms with Crippen molar-refractivity contribution >= 4 is 34.5 Å². The summed E-state index contributed by atoms with van der Waals surface area (Å²) in [5.41, 5.74) is 7.57. The van der Waals surface area contributed by atoms with E-state index in [0.717, 1.165) is 10.6 Å². The molecule has 0 radical (unpaired) electrons. The van der Waals surface area contributed by atoms with E-state index in [1.807, 2.05) is 13.8 Å². The maximum Gasteiger partial charge on any atom is 0.233 e. The molecule has 1 aromatic heterocycles. The molecule has 0 saturated carbocycles. The number of thiocarbonyl (C=S) groups is 1. The minimum atomic E-state index is -0.770. The second-order valence-electron chi connectivity index (χ2n) is 4.09. The van der Waals surface area contributed by atoms with Crippen molar-refractivity contribution in [2.24, 2.45) is 11.1 Å². The Bertz CT molecular complexity index is 430. The molecule has 94 valence electrons. The minimum Gasteiger partial charge on any atom is -0.392 e. The van der Waals surface area contributed by atoms with E-state index in [-0.39, 0.29) is 10.9 Å².